The minimum Gasteiger partial charge on any atom is -0.342 e. The Balaban J connectivity index is 1.26. The van der Waals surface area contributed by atoms with Crippen LogP contribution < -0.4 is 0 Å². The van der Waals surface area contributed by atoms with Gasteiger partial charge in [-0.05, 0) is 75.9 Å². The summed E-state index contributed by atoms with van der Waals surface area (Å²) in [7, 11) is 0. The van der Waals surface area contributed by atoms with E-state index >= 15 is 0 Å². The van der Waals surface area contributed by atoms with Crippen LogP contribution in [0, 0.1) is 5.92 Å². The first-order chi connectivity index (χ1) is 14.3. The van der Waals surface area contributed by atoms with E-state index in [4.69, 9.17) is 0 Å². The molecule has 0 aliphatic carbocycles. The zero-order chi connectivity index (χ0) is 19.9. The van der Waals surface area contributed by atoms with E-state index in [9.17, 15) is 4.79 Å². The van der Waals surface area contributed by atoms with Crippen LogP contribution in [0.3, 0.4) is 0 Å². The van der Waals surface area contributed by atoms with E-state index < -0.39 is 0 Å². The molecule has 1 amide bonds. The Labute approximate surface area is 176 Å². The molecule has 4 heterocycles. The van der Waals surface area contributed by atoms with Crippen LogP contribution in [0.4, 0.5) is 0 Å². The lowest BCUT2D eigenvalue weighted by molar-refractivity contribution is -0.138. The summed E-state index contributed by atoms with van der Waals surface area (Å²) < 4.78 is 0. The van der Waals surface area contributed by atoms with Crippen LogP contribution in [-0.4, -0.2) is 70.9 Å². The van der Waals surface area contributed by atoms with Gasteiger partial charge >= 0.3 is 0 Å². The number of piperidine rings is 2. The van der Waals surface area contributed by atoms with Gasteiger partial charge in [-0.15, -0.1) is 0 Å². The number of hydrogen-bond acceptors (Lipinski definition) is 4. The summed E-state index contributed by atoms with van der Waals surface area (Å²) in [5.41, 5.74) is 1.36. The smallest absolute Gasteiger partial charge is 0.226 e. The molecule has 0 bridgehead atoms. The van der Waals surface area contributed by atoms with Crippen molar-refractivity contribution in [2.45, 2.75) is 70.4 Å². The second-order valence-corrected chi connectivity index (χ2v) is 9.29. The molecule has 0 aromatic carbocycles. The molecule has 4 rings (SSSR count). The molecule has 3 aliphatic rings. The molecule has 3 fully saturated rings. The van der Waals surface area contributed by atoms with Gasteiger partial charge in [-0.1, -0.05) is 19.3 Å². The number of pyridine rings is 1. The Morgan fingerprint density at radius 1 is 0.862 bits per heavy atom. The van der Waals surface area contributed by atoms with Crippen molar-refractivity contribution in [1.29, 1.82) is 0 Å². The molecule has 1 unspecified atom stereocenters. The van der Waals surface area contributed by atoms with E-state index in [-0.39, 0.29) is 5.92 Å². The quantitative estimate of drug-likeness (QED) is 0.778. The van der Waals surface area contributed by atoms with Crippen LogP contribution in [0.15, 0.2) is 24.5 Å². The predicted molar refractivity (Wildman–Crippen MR) is 116 cm³/mol. The molecule has 160 valence electrons. The van der Waals surface area contributed by atoms with Crippen LogP contribution in [0.25, 0.3) is 0 Å². The van der Waals surface area contributed by atoms with Crippen molar-refractivity contribution in [2.75, 3.05) is 39.3 Å². The Hall–Kier alpha value is -1.46. The second-order valence-electron chi connectivity index (χ2n) is 9.29. The second kappa shape index (κ2) is 10.5. The molecule has 5 heteroatoms. The fourth-order valence-corrected chi connectivity index (χ4v) is 5.45. The van der Waals surface area contributed by atoms with Gasteiger partial charge in [0.2, 0.25) is 5.91 Å². The van der Waals surface area contributed by atoms with Gasteiger partial charge in [-0.3, -0.25) is 19.6 Å². The Kier molecular flexibility index (Phi) is 7.55. The summed E-state index contributed by atoms with van der Waals surface area (Å²) in [5.74, 6) is 0.685. The third kappa shape index (κ3) is 5.79. The van der Waals surface area contributed by atoms with E-state index in [1.165, 1.54) is 63.5 Å². The molecular formula is C24H38N4O. The van der Waals surface area contributed by atoms with E-state index in [0.717, 1.165) is 45.7 Å². The summed E-state index contributed by atoms with van der Waals surface area (Å²) in [5, 5.41) is 0. The maximum absolute atomic E-state index is 13.2. The van der Waals surface area contributed by atoms with Gasteiger partial charge in [-0.2, -0.15) is 0 Å². The number of amides is 1. The van der Waals surface area contributed by atoms with Crippen molar-refractivity contribution in [3.63, 3.8) is 0 Å². The molecule has 0 N–H and O–H groups in total. The average Bonchev–Trinajstić information content (AvgIpc) is 2.75. The minimum absolute atomic E-state index is 0.234. The Bertz CT molecular complexity index is 621. The number of likely N-dealkylation sites (tertiary alicyclic amines) is 3. The van der Waals surface area contributed by atoms with Gasteiger partial charge in [-0.25, -0.2) is 0 Å². The van der Waals surface area contributed by atoms with Gasteiger partial charge < -0.3 is 4.90 Å². The van der Waals surface area contributed by atoms with E-state index in [1.807, 2.05) is 12.4 Å². The maximum Gasteiger partial charge on any atom is 0.226 e. The molecule has 1 aromatic heterocycles. The minimum atomic E-state index is 0.234. The fraction of sp³-hybridized carbons (Fsp3) is 0.750. The van der Waals surface area contributed by atoms with Crippen molar-refractivity contribution < 1.29 is 4.79 Å². The Morgan fingerprint density at radius 3 is 2.28 bits per heavy atom. The number of rotatable bonds is 4. The average molecular weight is 399 g/mol. The lowest BCUT2D eigenvalue weighted by Gasteiger charge is -2.43. The topological polar surface area (TPSA) is 39.7 Å². The van der Waals surface area contributed by atoms with Crippen molar-refractivity contribution in [3.05, 3.63) is 30.1 Å². The van der Waals surface area contributed by atoms with Crippen LogP contribution in [0.5, 0.6) is 0 Å². The summed E-state index contributed by atoms with van der Waals surface area (Å²) in [4.78, 5) is 24.7. The van der Waals surface area contributed by atoms with Gasteiger partial charge in [0.1, 0.15) is 0 Å². The summed E-state index contributed by atoms with van der Waals surface area (Å²) in [6.07, 6.45) is 14.8. The lowest BCUT2D eigenvalue weighted by Crippen LogP contribution is -2.51. The van der Waals surface area contributed by atoms with Crippen LogP contribution in [-0.2, 0) is 11.3 Å². The molecule has 0 spiro atoms. The van der Waals surface area contributed by atoms with Crippen molar-refractivity contribution in [1.82, 2.24) is 19.7 Å². The first kappa shape index (κ1) is 20.8. The summed E-state index contributed by atoms with van der Waals surface area (Å²) >= 11 is 0. The van der Waals surface area contributed by atoms with E-state index in [1.54, 1.807) is 0 Å². The third-order valence-electron chi connectivity index (χ3n) is 7.20. The molecule has 5 nitrogen and oxygen atoms in total. The van der Waals surface area contributed by atoms with Crippen molar-refractivity contribution >= 4 is 5.91 Å². The first-order valence-electron chi connectivity index (χ1n) is 11.9. The van der Waals surface area contributed by atoms with Gasteiger partial charge in [0.05, 0.1) is 5.92 Å². The van der Waals surface area contributed by atoms with Crippen molar-refractivity contribution in [3.8, 4) is 0 Å². The molecular weight excluding hydrogens is 360 g/mol. The standard InChI is InChI=1S/C24H38N4O/c29-24(27-14-4-2-1-3-5-15-27)22-7-6-16-28(20-22)23-10-17-26(18-11-23)19-21-8-12-25-13-9-21/h8-9,12-13,22-23H,1-7,10-11,14-20H2. The maximum atomic E-state index is 13.2. The highest BCUT2D eigenvalue weighted by molar-refractivity contribution is 5.79. The zero-order valence-corrected chi connectivity index (χ0v) is 18.0. The largest absolute Gasteiger partial charge is 0.342 e. The highest BCUT2D eigenvalue weighted by atomic mass is 16.2. The van der Waals surface area contributed by atoms with E-state index in [0.29, 0.717) is 11.9 Å². The number of nitrogens with zero attached hydrogens (tertiary/aromatic N) is 4. The molecule has 3 aliphatic heterocycles. The molecule has 0 saturated carbocycles. The molecule has 29 heavy (non-hydrogen) atoms. The van der Waals surface area contributed by atoms with Crippen LogP contribution >= 0.6 is 0 Å². The van der Waals surface area contributed by atoms with Crippen molar-refractivity contribution in [2.24, 2.45) is 5.92 Å². The highest BCUT2D eigenvalue weighted by Crippen LogP contribution is 2.26. The van der Waals surface area contributed by atoms with E-state index in [2.05, 4.69) is 31.8 Å². The lowest BCUT2D eigenvalue weighted by atomic mass is 9.92. The number of hydrogen-bond donors (Lipinski definition) is 0. The number of aromatic nitrogens is 1. The van der Waals surface area contributed by atoms with Crippen LogP contribution in [0.2, 0.25) is 0 Å². The molecule has 0 radical (unpaired) electrons. The van der Waals surface area contributed by atoms with Crippen LogP contribution in [0.1, 0.15) is 63.4 Å². The first-order valence-corrected chi connectivity index (χ1v) is 11.9. The normalized spacial score (nSPS) is 26.1. The van der Waals surface area contributed by atoms with Gasteiger partial charge in [0.25, 0.3) is 0 Å². The zero-order valence-electron chi connectivity index (χ0n) is 18.0. The summed E-state index contributed by atoms with van der Waals surface area (Å²) in [6.45, 7) is 7.50. The van der Waals surface area contributed by atoms with Gasteiger partial charge in [0, 0.05) is 44.6 Å². The number of carbonyl (C=O) groups excluding carboxylic acids is 1. The molecule has 1 atom stereocenters. The highest BCUT2D eigenvalue weighted by Gasteiger charge is 2.33. The third-order valence-corrected chi connectivity index (χ3v) is 7.20. The molecule has 3 saturated heterocycles. The fourth-order valence-electron chi connectivity index (χ4n) is 5.45. The van der Waals surface area contributed by atoms with Gasteiger partial charge in [0.15, 0.2) is 0 Å². The summed E-state index contributed by atoms with van der Waals surface area (Å²) in [6, 6.07) is 4.90. The molecule has 1 aromatic rings. The Morgan fingerprint density at radius 2 is 1.55 bits per heavy atom. The SMILES string of the molecule is O=C(C1CCCN(C2CCN(Cc3ccncc3)CC2)C1)N1CCCCCCC1. The predicted octanol–water partition coefficient (Wildman–Crippen LogP) is 3.55. The monoisotopic (exact) mass is 398 g/mol. The number of carbonyl (C=O) groups is 1.